The van der Waals surface area contributed by atoms with Gasteiger partial charge in [-0.05, 0) is 6.92 Å². The van der Waals surface area contributed by atoms with Crippen molar-refractivity contribution < 1.29 is 8.60 Å². The van der Waals surface area contributed by atoms with Crippen LogP contribution in [0.1, 0.15) is 6.92 Å². The zero-order valence-corrected chi connectivity index (χ0v) is 9.34. The quantitative estimate of drug-likeness (QED) is 0.784. The van der Waals surface area contributed by atoms with Crippen LogP contribution in [0.4, 0.5) is 16.2 Å². The predicted octanol–water partition coefficient (Wildman–Crippen LogP) is 0.377. The van der Waals surface area contributed by atoms with E-state index in [1.165, 1.54) is 0 Å². The number of hydrogen-bond acceptors (Lipinski definition) is 5. The Kier molecular flexibility index (Phi) is 3.96. The van der Waals surface area contributed by atoms with Gasteiger partial charge in [0.05, 0.1) is 6.20 Å². The predicted molar refractivity (Wildman–Crippen MR) is 58.4 cm³/mol. The van der Waals surface area contributed by atoms with Crippen LogP contribution in [0.5, 0.6) is 0 Å². The van der Waals surface area contributed by atoms with E-state index >= 15 is 0 Å². The molecule has 7 heteroatoms. The molecule has 0 spiro atoms. The van der Waals surface area contributed by atoms with Gasteiger partial charge in [0.15, 0.2) is 11.6 Å². The molecule has 0 amide bonds. The van der Waals surface area contributed by atoms with E-state index in [-0.39, 0.29) is 17.8 Å². The lowest BCUT2D eigenvalue weighted by atomic mass is 10.4. The first-order chi connectivity index (χ1) is 6.99. The zero-order chi connectivity index (χ0) is 11.4. The standard InChI is InChI=1S/C8H13FN4OS/c1-5(4-15(2)14)12-7-6(9)3-11-8(10)13-7/h3,5H,4H2,1-2H3,(H3,10,11,12,13). The Morgan fingerprint density at radius 1 is 1.73 bits per heavy atom. The van der Waals surface area contributed by atoms with E-state index in [4.69, 9.17) is 5.73 Å². The molecule has 0 fully saturated rings. The van der Waals surface area contributed by atoms with Gasteiger partial charge in [-0.25, -0.2) is 9.37 Å². The molecular weight excluding hydrogens is 219 g/mol. The van der Waals surface area contributed by atoms with Gasteiger partial charge in [-0.15, -0.1) is 0 Å². The molecule has 15 heavy (non-hydrogen) atoms. The fourth-order valence-corrected chi connectivity index (χ4v) is 1.90. The van der Waals surface area contributed by atoms with Crippen LogP contribution in [0.25, 0.3) is 0 Å². The fraction of sp³-hybridized carbons (Fsp3) is 0.500. The summed E-state index contributed by atoms with van der Waals surface area (Å²) in [4.78, 5) is 7.20. The molecule has 0 radical (unpaired) electrons. The highest BCUT2D eigenvalue weighted by Crippen LogP contribution is 2.11. The Labute approximate surface area is 89.8 Å². The molecule has 0 aliphatic carbocycles. The van der Waals surface area contributed by atoms with Gasteiger partial charge in [0.25, 0.3) is 0 Å². The van der Waals surface area contributed by atoms with Gasteiger partial charge in [-0.3, -0.25) is 4.21 Å². The minimum Gasteiger partial charge on any atom is -0.368 e. The third-order valence-corrected chi connectivity index (χ3v) is 2.60. The van der Waals surface area contributed by atoms with Gasteiger partial charge in [0, 0.05) is 28.9 Å². The smallest absolute Gasteiger partial charge is 0.222 e. The summed E-state index contributed by atoms with van der Waals surface area (Å²) < 4.78 is 24.1. The molecular formula is C8H13FN4OS. The summed E-state index contributed by atoms with van der Waals surface area (Å²) >= 11 is 0. The average molecular weight is 232 g/mol. The van der Waals surface area contributed by atoms with Gasteiger partial charge in [0.2, 0.25) is 5.95 Å². The highest BCUT2D eigenvalue weighted by atomic mass is 32.2. The molecule has 1 heterocycles. The van der Waals surface area contributed by atoms with Crippen molar-refractivity contribution in [2.45, 2.75) is 13.0 Å². The molecule has 0 aliphatic rings. The Morgan fingerprint density at radius 3 is 3.00 bits per heavy atom. The molecule has 1 aromatic heterocycles. The normalized spacial score (nSPS) is 14.6. The van der Waals surface area contributed by atoms with Crippen LogP contribution in [0, 0.1) is 5.82 Å². The third kappa shape index (κ3) is 3.78. The zero-order valence-electron chi connectivity index (χ0n) is 8.53. The summed E-state index contributed by atoms with van der Waals surface area (Å²) in [5.41, 5.74) is 5.32. The molecule has 0 saturated heterocycles. The van der Waals surface area contributed by atoms with E-state index in [2.05, 4.69) is 15.3 Å². The number of nitrogens with one attached hydrogen (secondary N) is 1. The summed E-state index contributed by atoms with van der Waals surface area (Å²) in [6.45, 7) is 1.79. The lowest BCUT2D eigenvalue weighted by molar-refractivity contribution is 0.615. The lowest BCUT2D eigenvalue weighted by Crippen LogP contribution is -2.23. The molecule has 0 aliphatic heterocycles. The van der Waals surface area contributed by atoms with E-state index in [9.17, 15) is 8.60 Å². The van der Waals surface area contributed by atoms with E-state index in [1.54, 1.807) is 13.2 Å². The van der Waals surface area contributed by atoms with Crippen LogP contribution in [0.2, 0.25) is 0 Å². The molecule has 5 nitrogen and oxygen atoms in total. The summed E-state index contributed by atoms with van der Waals surface area (Å²) in [7, 11) is -0.941. The number of nitrogens with two attached hydrogens (primary N) is 1. The van der Waals surface area contributed by atoms with Crippen LogP contribution in [-0.4, -0.2) is 32.2 Å². The van der Waals surface area contributed by atoms with Crippen molar-refractivity contribution in [1.82, 2.24) is 9.97 Å². The monoisotopic (exact) mass is 232 g/mol. The van der Waals surface area contributed by atoms with Crippen LogP contribution in [0.15, 0.2) is 6.20 Å². The highest BCUT2D eigenvalue weighted by Gasteiger charge is 2.09. The minimum absolute atomic E-state index is 0.00345. The maximum Gasteiger partial charge on any atom is 0.222 e. The van der Waals surface area contributed by atoms with Crippen molar-refractivity contribution >= 4 is 22.6 Å². The molecule has 0 aromatic carbocycles. The number of anilines is 2. The molecule has 2 unspecified atom stereocenters. The first-order valence-electron chi connectivity index (χ1n) is 4.33. The molecule has 0 saturated carbocycles. The number of rotatable bonds is 4. The number of nitrogens with zero attached hydrogens (tertiary/aromatic N) is 2. The third-order valence-electron chi connectivity index (χ3n) is 1.63. The Morgan fingerprint density at radius 2 is 2.40 bits per heavy atom. The summed E-state index contributed by atoms with van der Waals surface area (Å²) in [6.07, 6.45) is 2.59. The maximum absolute atomic E-state index is 13.1. The average Bonchev–Trinajstić information content (AvgIpc) is 2.10. The van der Waals surface area contributed by atoms with Crippen molar-refractivity contribution in [2.75, 3.05) is 23.1 Å². The fourth-order valence-electron chi connectivity index (χ4n) is 1.11. The van der Waals surface area contributed by atoms with E-state index in [1.807, 2.05) is 0 Å². The SMILES string of the molecule is CC(CS(C)=O)Nc1nc(N)ncc1F. The van der Waals surface area contributed by atoms with Crippen LogP contribution in [-0.2, 0) is 10.8 Å². The Bertz CT molecular complexity index is 374. The van der Waals surface area contributed by atoms with Crippen LogP contribution >= 0.6 is 0 Å². The lowest BCUT2D eigenvalue weighted by Gasteiger charge is -2.13. The molecule has 0 bridgehead atoms. The van der Waals surface area contributed by atoms with E-state index < -0.39 is 16.6 Å². The van der Waals surface area contributed by atoms with Crippen molar-refractivity contribution in [2.24, 2.45) is 0 Å². The number of aromatic nitrogens is 2. The van der Waals surface area contributed by atoms with Crippen molar-refractivity contribution in [3.63, 3.8) is 0 Å². The van der Waals surface area contributed by atoms with Crippen molar-refractivity contribution in [3.8, 4) is 0 Å². The van der Waals surface area contributed by atoms with E-state index in [0.717, 1.165) is 6.20 Å². The second kappa shape index (κ2) is 5.01. The highest BCUT2D eigenvalue weighted by molar-refractivity contribution is 7.84. The van der Waals surface area contributed by atoms with Crippen LogP contribution in [0.3, 0.4) is 0 Å². The minimum atomic E-state index is -0.941. The number of hydrogen-bond donors (Lipinski definition) is 2. The summed E-state index contributed by atoms with van der Waals surface area (Å²) in [5, 5.41) is 2.78. The van der Waals surface area contributed by atoms with Crippen molar-refractivity contribution in [1.29, 1.82) is 0 Å². The first kappa shape index (κ1) is 11.8. The first-order valence-corrected chi connectivity index (χ1v) is 6.06. The summed E-state index contributed by atoms with van der Waals surface area (Å²) in [5.74, 6) is -0.106. The number of halogens is 1. The number of nitrogen functional groups attached to an aromatic ring is 1. The van der Waals surface area contributed by atoms with Gasteiger partial charge < -0.3 is 11.1 Å². The van der Waals surface area contributed by atoms with Gasteiger partial charge in [-0.2, -0.15) is 4.98 Å². The molecule has 84 valence electrons. The van der Waals surface area contributed by atoms with Gasteiger partial charge in [-0.1, -0.05) is 0 Å². The van der Waals surface area contributed by atoms with Crippen molar-refractivity contribution in [3.05, 3.63) is 12.0 Å². The Hall–Kier alpha value is -1.24. The molecule has 2 atom stereocenters. The van der Waals surface area contributed by atoms with Gasteiger partial charge >= 0.3 is 0 Å². The molecule has 1 aromatic rings. The maximum atomic E-state index is 13.1. The Balaban J connectivity index is 2.71. The summed E-state index contributed by atoms with van der Waals surface area (Å²) in [6, 6.07) is -0.139. The molecule has 1 rings (SSSR count). The van der Waals surface area contributed by atoms with E-state index in [0.29, 0.717) is 5.75 Å². The van der Waals surface area contributed by atoms with Crippen LogP contribution < -0.4 is 11.1 Å². The topological polar surface area (TPSA) is 80.9 Å². The second-order valence-electron chi connectivity index (χ2n) is 3.21. The second-order valence-corrected chi connectivity index (χ2v) is 4.69. The molecule has 3 N–H and O–H groups in total. The largest absolute Gasteiger partial charge is 0.368 e. The van der Waals surface area contributed by atoms with Gasteiger partial charge in [0.1, 0.15) is 0 Å².